The Morgan fingerprint density at radius 1 is 1.19 bits per heavy atom. The summed E-state index contributed by atoms with van der Waals surface area (Å²) in [6, 6.07) is 14.3. The first-order chi connectivity index (χ1) is 10.1. The Balaban J connectivity index is 1.86. The molecule has 0 aromatic heterocycles. The van der Waals surface area contributed by atoms with Gasteiger partial charge in [0.05, 0.1) is 5.69 Å². The van der Waals surface area contributed by atoms with E-state index in [2.05, 4.69) is 5.32 Å². The van der Waals surface area contributed by atoms with E-state index in [4.69, 9.17) is 4.74 Å². The third-order valence-electron chi connectivity index (χ3n) is 3.34. The zero-order chi connectivity index (χ0) is 14.8. The van der Waals surface area contributed by atoms with E-state index in [1.807, 2.05) is 30.3 Å². The number of para-hydroxylation sites is 1. The van der Waals surface area contributed by atoms with Gasteiger partial charge in [0.25, 0.3) is 11.8 Å². The summed E-state index contributed by atoms with van der Waals surface area (Å²) in [5, 5.41) is 2.81. The highest BCUT2D eigenvalue weighted by atomic mass is 16.5. The van der Waals surface area contributed by atoms with Crippen molar-refractivity contribution in [2.75, 3.05) is 23.9 Å². The van der Waals surface area contributed by atoms with Crippen molar-refractivity contribution < 1.29 is 14.3 Å². The van der Waals surface area contributed by atoms with Crippen LogP contribution < -0.4 is 15.0 Å². The van der Waals surface area contributed by atoms with E-state index < -0.39 is 0 Å². The van der Waals surface area contributed by atoms with Crippen LogP contribution in [-0.4, -0.2) is 25.5 Å². The van der Waals surface area contributed by atoms with Gasteiger partial charge in [-0.2, -0.15) is 0 Å². The Bertz CT molecular complexity index is 698. The quantitative estimate of drug-likeness (QED) is 0.919. The molecule has 1 N–H and O–H groups in total. The maximum Gasteiger partial charge on any atom is 0.264 e. The first kappa shape index (κ1) is 13.2. The number of benzene rings is 2. The summed E-state index contributed by atoms with van der Waals surface area (Å²) in [5.41, 5.74) is 1.80. The van der Waals surface area contributed by atoms with E-state index in [-0.39, 0.29) is 18.4 Å². The van der Waals surface area contributed by atoms with Crippen LogP contribution in [0.4, 0.5) is 11.4 Å². The van der Waals surface area contributed by atoms with Gasteiger partial charge in [0, 0.05) is 18.3 Å². The topological polar surface area (TPSA) is 58.6 Å². The van der Waals surface area contributed by atoms with Gasteiger partial charge in [-0.1, -0.05) is 18.2 Å². The van der Waals surface area contributed by atoms with Gasteiger partial charge in [-0.05, 0) is 30.3 Å². The predicted octanol–water partition coefficient (Wildman–Crippen LogP) is 2.29. The summed E-state index contributed by atoms with van der Waals surface area (Å²) in [5.74, 6) is 0.243. The molecule has 1 heterocycles. The van der Waals surface area contributed by atoms with Crippen LogP contribution in [0.25, 0.3) is 0 Å². The van der Waals surface area contributed by atoms with E-state index >= 15 is 0 Å². The van der Waals surface area contributed by atoms with Crippen molar-refractivity contribution in [1.82, 2.24) is 0 Å². The molecule has 0 aliphatic carbocycles. The van der Waals surface area contributed by atoms with Crippen LogP contribution in [0.2, 0.25) is 0 Å². The molecule has 0 bridgehead atoms. The lowest BCUT2D eigenvalue weighted by atomic mass is 10.1. The maximum atomic E-state index is 12.2. The number of nitrogens with one attached hydrogen (secondary N) is 1. The number of fused-ring (bicyclic) bond motifs is 1. The SMILES string of the molecule is CN1C(=O)COc2ccc(C(=O)Nc3ccccc3)cc21. The largest absolute Gasteiger partial charge is 0.482 e. The zero-order valence-electron chi connectivity index (χ0n) is 11.5. The molecule has 0 spiro atoms. The molecule has 1 aliphatic rings. The van der Waals surface area contributed by atoms with Gasteiger partial charge < -0.3 is 15.0 Å². The van der Waals surface area contributed by atoms with Crippen molar-refractivity contribution in [2.45, 2.75) is 0 Å². The van der Waals surface area contributed by atoms with E-state index in [0.29, 0.717) is 17.0 Å². The Kier molecular flexibility index (Phi) is 3.31. The zero-order valence-corrected chi connectivity index (χ0v) is 11.5. The summed E-state index contributed by atoms with van der Waals surface area (Å²) < 4.78 is 5.34. The fourth-order valence-electron chi connectivity index (χ4n) is 2.14. The summed E-state index contributed by atoms with van der Waals surface area (Å²) in [6.07, 6.45) is 0. The van der Waals surface area contributed by atoms with Crippen molar-refractivity contribution in [3.63, 3.8) is 0 Å². The van der Waals surface area contributed by atoms with Gasteiger partial charge >= 0.3 is 0 Å². The van der Waals surface area contributed by atoms with Gasteiger partial charge in [0.1, 0.15) is 5.75 Å². The van der Waals surface area contributed by atoms with Crippen molar-refractivity contribution in [2.24, 2.45) is 0 Å². The van der Waals surface area contributed by atoms with Crippen LogP contribution in [0, 0.1) is 0 Å². The fraction of sp³-hybridized carbons (Fsp3) is 0.125. The number of rotatable bonds is 2. The second-order valence-corrected chi connectivity index (χ2v) is 4.74. The molecule has 2 aromatic carbocycles. The Hall–Kier alpha value is -2.82. The normalized spacial score (nSPS) is 13.4. The molecular formula is C16H14N2O3. The summed E-state index contributed by atoms with van der Waals surface area (Å²) in [6.45, 7) is 0.0268. The van der Waals surface area contributed by atoms with Crippen LogP contribution >= 0.6 is 0 Å². The molecule has 106 valence electrons. The lowest BCUT2D eigenvalue weighted by Gasteiger charge is -2.26. The Morgan fingerprint density at radius 2 is 1.95 bits per heavy atom. The van der Waals surface area contributed by atoms with Crippen LogP contribution in [-0.2, 0) is 4.79 Å². The Labute approximate surface area is 122 Å². The highest BCUT2D eigenvalue weighted by Crippen LogP contribution is 2.32. The number of carbonyl (C=O) groups excluding carboxylic acids is 2. The second-order valence-electron chi connectivity index (χ2n) is 4.74. The molecule has 1 aliphatic heterocycles. The molecule has 0 radical (unpaired) electrons. The van der Waals surface area contributed by atoms with Crippen LogP contribution in [0.15, 0.2) is 48.5 Å². The lowest BCUT2D eigenvalue weighted by Crippen LogP contribution is -2.35. The van der Waals surface area contributed by atoms with Gasteiger partial charge in [-0.3, -0.25) is 9.59 Å². The fourth-order valence-corrected chi connectivity index (χ4v) is 2.14. The number of ether oxygens (including phenoxy) is 1. The van der Waals surface area contributed by atoms with Gasteiger partial charge in [-0.25, -0.2) is 0 Å². The van der Waals surface area contributed by atoms with Crippen molar-refractivity contribution in [3.05, 3.63) is 54.1 Å². The number of amides is 2. The number of hydrogen-bond acceptors (Lipinski definition) is 3. The minimum Gasteiger partial charge on any atom is -0.482 e. The molecule has 0 saturated carbocycles. The molecule has 21 heavy (non-hydrogen) atoms. The number of anilines is 2. The standard InChI is InChI=1S/C16H14N2O3/c1-18-13-9-11(7-8-14(13)21-10-15(18)19)16(20)17-12-5-3-2-4-6-12/h2-9H,10H2,1H3,(H,17,20). The molecule has 2 amide bonds. The van der Waals surface area contributed by atoms with Gasteiger partial charge in [-0.15, -0.1) is 0 Å². The number of hydrogen-bond donors (Lipinski definition) is 1. The van der Waals surface area contributed by atoms with Crippen molar-refractivity contribution in [3.8, 4) is 5.75 Å². The van der Waals surface area contributed by atoms with Gasteiger partial charge in [0.15, 0.2) is 6.61 Å². The molecule has 5 heteroatoms. The molecule has 2 aromatic rings. The van der Waals surface area contributed by atoms with Crippen molar-refractivity contribution >= 4 is 23.2 Å². The summed E-state index contributed by atoms with van der Waals surface area (Å²) >= 11 is 0. The monoisotopic (exact) mass is 282 g/mol. The van der Waals surface area contributed by atoms with Crippen LogP contribution in [0.5, 0.6) is 5.75 Å². The number of nitrogens with zero attached hydrogens (tertiary/aromatic N) is 1. The van der Waals surface area contributed by atoms with E-state index in [1.165, 1.54) is 4.90 Å². The predicted molar refractivity (Wildman–Crippen MR) is 79.7 cm³/mol. The average molecular weight is 282 g/mol. The lowest BCUT2D eigenvalue weighted by molar-refractivity contribution is -0.120. The molecular weight excluding hydrogens is 268 g/mol. The van der Waals surface area contributed by atoms with E-state index in [1.54, 1.807) is 25.2 Å². The molecule has 0 fully saturated rings. The highest BCUT2D eigenvalue weighted by molar-refractivity contribution is 6.06. The van der Waals surface area contributed by atoms with Crippen molar-refractivity contribution in [1.29, 1.82) is 0 Å². The first-order valence-electron chi connectivity index (χ1n) is 6.55. The molecule has 3 rings (SSSR count). The first-order valence-corrected chi connectivity index (χ1v) is 6.55. The third-order valence-corrected chi connectivity index (χ3v) is 3.34. The van der Waals surface area contributed by atoms with Crippen LogP contribution in [0.3, 0.4) is 0 Å². The van der Waals surface area contributed by atoms with E-state index in [9.17, 15) is 9.59 Å². The summed E-state index contributed by atoms with van der Waals surface area (Å²) in [7, 11) is 1.67. The summed E-state index contributed by atoms with van der Waals surface area (Å²) in [4.78, 5) is 25.4. The average Bonchev–Trinajstić information content (AvgIpc) is 2.52. The highest BCUT2D eigenvalue weighted by Gasteiger charge is 2.23. The molecule has 0 atom stereocenters. The number of carbonyl (C=O) groups is 2. The van der Waals surface area contributed by atoms with Crippen LogP contribution in [0.1, 0.15) is 10.4 Å². The van der Waals surface area contributed by atoms with E-state index in [0.717, 1.165) is 5.69 Å². The molecule has 0 unspecified atom stereocenters. The minimum atomic E-state index is -0.226. The second kappa shape index (κ2) is 5.28. The maximum absolute atomic E-state index is 12.2. The van der Waals surface area contributed by atoms with Gasteiger partial charge in [0.2, 0.25) is 0 Å². The molecule has 0 saturated heterocycles. The Morgan fingerprint density at radius 3 is 2.71 bits per heavy atom. The smallest absolute Gasteiger partial charge is 0.264 e. The number of likely N-dealkylation sites (N-methyl/N-ethyl adjacent to an activating group) is 1. The minimum absolute atomic E-state index is 0.0268. The third kappa shape index (κ3) is 2.58. The molecule has 5 nitrogen and oxygen atoms in total.